The van der Waals surface area contributed by atoms with Crippen LogP contribution in [-0.2, 0) is 9.47 Å². The zero-order valence-corrected chi connectivity index (χ0v) is 11.8. The van der Waals surface area contributed by atoms with E-state index in [-0.39, 0.29) is 0 Å². The lowest BCUT2D eigenvalue weighted by Crippen LogP contribution is -2.35. The summed E-state index contributed by atoms with van der Waals surface area (Å²) in [7, 11) is 1.55. The van der Waals surface area contributed by atoms with Crippen LogP contribution in [0.15, 0.2) is 0 Å². The summed E-state index contributed by atoms with van der Waals surface area (Å²) in [4.78, 5) is 11.3. The van der Waals surface area contributed by atoms with Gasteiger partial charge in [-0.25, -0.2) is 4.79 Å². The number of methoxy groups -OCH3 is 1. The van der Waals surface area contributed by atoms with Crippen LogP contribution in [0.3, 0.4) is 0 Å². The molecule has 0 aromatic carbocycles. The van der Waals surface area contributed by atoms with E-state index in [1.54, 1.807) is 7.11 Å². The Hall–Kier alpha value is -0.850. The van der Waals surface area contributed by atoms with Gasteiger partial charge in [0.15, 0.2) is 0 Å². The van der Waals surface area contributed by atoms with Gasteiger partial charge in [-0.15, -0.1) is 0 Å². The molecule has 18 heavy (non-hydrogen) atoms. The predicted octanol–water partition coefficient (Wildman–Crippen LogP) is 0.498. The number of nitrogens with one attached hydrogen (secondary N) is 2. The third-order valence-electron chi connectivity index (χ3n) is 1.94. The van der Waals surface area contributed by atoms with E-state index in [4.69, 9.17) is 9.47 Å². The molecule has 3 N–H and O–H groups in total. The van der Waals surface area contributed by atoms with E-state index in [2.05, 4.69) is 10.6 Å². The van der Waals surface area contributed by atoms with Gasteiger partial charge in [0.2, 0.25) is 0 Å². The zero-order valence-electron chi connectivity index (χ0n) is 11.8. The highest BCUT2D eigenvalue weighted by Crippen LogP contribution is 2.06. The first-order valence-corrected chi connectivity index (χ1v) is 6.19. The number of carbonyl (C=O) groups is 1. The summed E-state index contributed by atoms with van der Waals surface area (Å²) in [5.74, 6) is 0. The van der Waals surface area contributed by atoms with E-state index in [9.17, 15) is 9.90 Å². The Morgan fingerprint density at radius 3 is 2.56 bits per heavy atom. The van der Waals surface area contributed by atoms with Crippen LogP contribution in [0.25, 0.3) is 0 Å². The molecular formula is C12H26N2O4. The van der Waals surface area contributed by atoms with Crippen molar-refractivity contribution in [3.8, 4) is 0 Å². The third kappa shape index (κ3) is 11.6. The summed E-state index contributed by atoms with van der Waals surface area (Å²) in [6.45, 7) is 7.55. The molecule has 6 nitrogen and oxygen atoms in total. The van der Waals surface area contributed by atoms with E-state index < -0.39 is 17.8 Å². The molecule has 0 saturated carbocycles. The first-order valence-electron chi connectivity index (χ1n) is 6.19. The Morgan fingerprint density at radius 1 is 1.33 bits per heavy atom. The molecular weight excluding hydrogens is 236 g/mol. The Balaban J connectivity index is 3.38. The van der Waals surface area contributed by atoms with Crippen molar-refractivity contribution < 1.29 is 19.4 Å². The highest BCUT2D eigenvalue weighted by atomic mass is 16.6. The maximum atomic E-state index is 11.3. The first-order chi connectivity index (χ1) is 8.35. The quantitative estimate of drug-likeness (QED) is 0.555. The van der Waals surface area contributed by atoms with Gasteiger partial charge in [0, 0.05) is 20.2 Å². The number of rotatable bonds is 8. The number of amides is 1. The molecule has 0 aliphatic heterocycles. The summed E-state index contributed by atoms with van der Waals surface area (Å²) < 4.78 is 9.88. The van der Waals surface area contributed by atoms with Crippen LogP contribution >= 0.6 is 0 Å². The molecule has 1 atom stereocenters. The zero-order chi connectivity index (χ0) is 14.0. The van der Waals surface area contributed by atoms with Crippen LogP contribution in [-0.4, -0.2) is 56.3 Å². The van der Waals surface area contributed by atoms with Gasteiger partial charge in [0.25, 0.3) is 0 Å². The van der Waals surface area contributed by atoms with Crippen molar-refractivity contribution in [1.29, 1.82) is 0 Å². The molecule has 108 valence electrons. The molecule has 1 amide bonds. The van der Waals surface area contributed by atoms with Crippen molar-refractivity contribution in [2.45, 2.75) is 38.9 Å². The Morgan fingerprint density at radius 2 is 2.00 bits per heavy atom. The highest BCUT2D eigenvalue weighted by molar-refractivity contribution is 5.67. The molecule has 0 aromatic rings. The van der Waals surface area contributed by atoms with E-state index in [0.717, 1.165) is 13.0 Å². The predicted molar refractivity (Wildman–Crippen MR) is 69.6 cm³/mol. The summed E-state index contributed by atoms with van der Waals surface area (Å²) in [5, 5.41) is 15.1. The topological polar surface area (TPSA) is 79.8 Å². The summed E-state index contributed by atoms with van der Waals surface area (Å²) in [6, 6.07) is 0. The van der Waals surface area contributed by atoms with Crippen LogP contribution in [0, 0.1) is 0 Å². The molecule has 0 spiro atoms. The molecule has 0 aliphatic rings. The number of aliphatic hydroxyl groups is 1. The van der Waals surface area contributed by atoms with Gasteiger partial charge < -0.3 is 25.2 Å². The normalized spacial score (nSPS) is 13.2. The van der Waals surface area contributed by atoms with Crippen LogP contribution in [0.4, 0.5) is 4.79 Å². The molecule has 0 saturated heterocycles. The summed E-state index contributed by atoms with van der Waals surface area (Å²) >= 11 is 0. The summed E-state index contributed by atoms with van der Waals surface area (Å²) in [5.41, 5.74) is -0.466. The van der Waals surface area contributed by atoms with E-state index in [1.807, 2.05) is 20.8 Å². The number of carbonyl (C=O) groups excluding carboxylic acids is 1. The second-order valence-corrected chi connectivity index (χ2v) is 5.10. The lowest BCUT2D eigenvalue weighted by atomic mass is 10.2. The molecule has 1 unspecified atom stereocenters. The number of alkyl carbamates (subject to hydrolysis) is 1. The lowest BCUT2D eigenvalue weighted by molar-refractivity contribution is 0.0525. The minimum absolute atomic E-state index is 0.323. The largest absolute Gasteiger partial charge is 0.444 e. The lowest BCUT2D eigenvalue weighted by Gasteiger charge is -2.19. The molecule has 0 aliphatic carbocycles. The number of aliphatic hydroxyl groups excluding tert-OH is 1. The van der Waals surface area contributed by atoms with Crippen molar-refractivity contribution in [1.82, 2.24) is 10.6 Å². The van der Waals surface area contributed by atoms with Crippen LogP contribution in [0.2, 0.25) is 0 Å². The smallest absolute Gasteiger partial charge is 0.407 e. The Kier molecular flexibility index (Phi) is 8.70. The molecule has 0 heterocycles. The third-order valence-corrected chi connectivity index (χ3v) is 1.94. The van der Waals surface area contributed by atoms with Crippen LogP contribution in [0.1, 0.15) is 27.2 Å². The number of hydrogen-bond donors (Lipinski definition) is 3. The SMILES string of the molecule is COCC(O)CNCCCNC(=O)OC(C)(C)C. The minimum Gasteiger partial charge on any atom is -0.444 e. The second kappa shape index (κ2) is 9.13. The van der Waals surface area contributed by atoms with Crippen molar-refractivity contribution in [3.63, 3.8) is 0 Å². The highest BCUT2D eigenvalue weighted by Gasteiger charge is 2.15. The van der Waals surface area contributed by atoms with Gasteiger partial charge in [0.05, 0.1) is 12.7 Å². The Bertz CT molecular complexity index is 229. The van der Waals surface area contributed by atoms with Crippen LogP contribution < -0.4 is 10.6 Å². The van der Waals surface area contributed by atoms with Gasteiger partial charge >= 0.3 is 6.09 Å². The minimum atomic E-state index is -0.492. The van der Waals surface area contributed by atoms with Crippen molar-refractivity contribution in [2.75, 3.05) is 33.4 Å². The molecule has 0 radical (unpaired) electrons. The van der Waals surface area contributed by atoms with Gasteiger partial charge in [-0.2, -0.15) is 0 Å². The maximum Gasteiger partial charge on any atom is 0.407 e. The van der Waals surface area contributed by atoms with Gasteiger partial charge in [-0.05, 0) is 33.7 Å². The van der Waals surface area contributed by atoms with Gasteiger partial charge in [0.1, 0.15) is 5.60 Å². The number of hydrogen-bond acceptors (Lipinski definition) is 5. The van der Waals surface area contributed by atoms with E-state index in [1.165, 1.54) is 0 Å². The van der Waals surface area contributed by atoms with E-state index >= 15 is 0 Å². The first kappa shape index (κ1) is 17.2. The Labute approximate surface area is 109 Å². The van der Waals surface area contributed by atoms with Crippen molar-refractivity contribution in [2.24, 2.45) is 0 Å². The second-order valence-electron chi connectivity index (χ2n) is 5.10. The number of ether oxygens (including phenoxy) is 2. The van der Waals surface area contributed by atoms with E-state index in [0.29, 0.717) is 19.7 Å². The van der Waals surface area contributed by atoms with Gasteiger partial charge in [-0.3, -0.25) is 0 Å². The monoisotopic (exact) mass is 262 g/mol. The molecule has 0 rings (SSSR count). The fourth-order valence-electron chi connectivity index (χ4n) is 1.24. The fraction of sp³-hybridized carbons (Fsp3) is 0.917. The average molecular weight is 262 g/mol. The standard InChI is InChI=1S/C12H26N2O4/c1-12(2,3)18-11(16)14-7-5-6-13-8-10(15)9-17-4/h10,13,15H,5-9H2,1-4H3,(H,14,16). The average Bonchev–Trinajstić information content (AvgIpc) is 2.21. The van der Waals surface area contributed by atoms with Crippen molar-refractivity contribution >= 4 is 6.09 Å². The molecule has 6 heteroatoms. The fourth-order valence-corrected chi connectivity index (χ4v) is 1.24. The summed E-state index contributed by atoms with van der Waals surface area (Å²) in [6.07, 6.45) is -0.116. The van der Waals surface area contributed by atoms with Crippen molar-refractivity contribution in [3.05, 3.63) is 0 Å². The molecule has 0 aromatic heterocycles. The van der Waals surface area contributed by atoms with Gasteiger partial charge in [-0.1, -0.05) is 0 Å². The maximum absolute atomic E-state index is 11.3. The molecule has 0 bridgehead atoms. The molecule has 0 fully saturated rings. The van der Waals surface area contributed by atoms with Crippen LogP contribution in [0.5, 0.6) is 0 Å².